The van der Waals surface area contributed by atoms with Crippen LogP contribution in [0, 0.1) is 12.3 Å². The molecule has 6 nitrogen and oxygen atoms in total. The number of hydrogen-bond acceptors (Lipinski definition) is 4. The Morgan fingerprint density at radius 2 is 2.22 bits per heavy atom. The van der Waals surface area contributed by atoms with Gasteiger partial charge < -0.3 is 10.0 Å². The predicted molar refractivity (Wildman–Crippen MR) is 66.0 cm³/mol. The lowest BCUT2D eigenvalue weighted by Crippen LogP contribution is -2.38. The fraction of sp³-hybridized carbons (Fsp3) is 0.750. The number of carbonyl (C=O) groups excluding carboxylic acids is 1. The number of rotatable bonds is 1. The molecule has 2 heterocycles. The van der Waals surface area contributed by atoms with Gasteiger partial charge in [-0.1, -0.05) is 13.8 Å². The zero-order valence-corrected chi connectivity index (χ0v) is 11.1. The number of nitrogens with zero attached hydrogens (tertiary/aromatic N) is 3. The average Bonchev–Trinajstić information content (AvgIpc) is 2.62. The molecular weight excluding hydrogens is 232 g/mol. The SMILES string of the molecule is Cc1n[nH]nc1C(=O)N1CC[C@@H](O)CC(C)(C)C1. The number of carbonyl (C=O) groups is 1. The molecule has 6 heteroatoms. The summed E-state index contributed by atoms with van der Waals surface area (Å²) in [6.07, 6.45) is 0.997. The van der Waals surface area contributed by atoms with Gasteiger partial charge in [0.25, 0.3) is 5.91 Å². The van der Waals surface area contributed by atoms with Gasteiger partial charge in [0, 0.05) is 13.1 Å². The molecule has 1 aliphatic heterocycles. The topological polar surface area (TPSA) is 82.1 Å². The largest absolute Gasteiger partial charge is 0.393 e. The Labute approximate surface area is 106 Å². The highest BCUT2D eigenvalue weighted by Gasteiger charge is 2.32. The third-order valence-electron chi connectivity index (χ3n) is 3.35. The van der Waals surface area contributed by atoms with Gasteiger partial charge in [0.1, 0.15) is 0 Å². The van der Waals surface area contributed by atoms with Crippen molar-refractivity contribution in [2.75, 3.05) is 13.1 Å². The van der Waals surface area contributed by atoms with E-state index in [1.165, 1.54) is 0 Å². The van der Waals surface area contributed by atoms with Crippen molar-refractivity contribution in [3.63, 3.8) is 0 Å². The minimum atomic E-state index is -0.337. The molecule has 1 aromatic heterocycles. The third kappa shape index (κ3) is 2.69. The number of amides is 1. The predicted octanol–water partition coefficient (Wildman–Crippen LogP) is 0.736. The maximum absolute atomic E-state index is 12.4. The lowest BCUT2D eigenvalue weighted by molar-refractivity contribution is 0.0698. The van der Waals surface area contributed by atoms with Gasteiger partial charge in [-0.15, -0.1) is 0 Å². The van der Waals surface area contributed by atoms with E-state index in [1.54, 1.807) is 11.8 Å². The van der Waals surface area contributed by atoms with E-state index in [0.717, 1.165) is 0 Å². The van der Waals surface area contributed by atoms with E-state index < -0.39 is 0 Å². The molecule has 0 aromatic carbocycles. The third-order valence-corrected chi connectivity index (χ3v) is 3.35. The highest BCUT2D eigenvalue weighted by Crippen LogP contribution is 2.29. The summed E-state index contributed by atoms with van der Waals surface area (Å²) < 4.78 is 0. The summed E-state index contributed by atoms with van der Waals surface area (Å²) in [7, 11) is 0. The van der Waals surface area contributed by atoms with Crippen molar-refractivity contribution in [2.45, 2.75) is 39.7 Å². The van der Waals surface area contributed by atoms with Crippen molar-refractivity contribution in [2.24, 2.45) is 5.41 Å². The molecule has 1 fully saturated rings. The Hall–Kier alpha value is -1.43. The second-order valence-corrected chi connectivity index (χ2v) is 5.80. The summed E-state index contributed by atoms with van der Waals surface area (Å²) in [5.41, 5.74) is 0.910. The molecule has 2 N–H and O–H groups in total. The lowest BCUT2D eigenvalue weighted by atomic mass is 9.87. The Bertz CT molecular complexity index is 441. The normalized spacial score (nSPS) is 23.8. The molecule has 0 radical (unpaired) electrons. The first-order chi connectivity index (χ1) is 8.39. The number of hydrogen-bond donors (Lipinski definition) is 2. The lowest BCUT2D eigenvalue weighted by Gasteiger charge is -2.29. The van der Waals surface area contributed by atoms with Gasteiger partial charge in [-0.2, -0.15) is 15.4 Å². The van der Waals surface area contributed by atoms with Crippen LogP contribution in [0.2, 0.25) is 0 Å². The number of nitrogens with one attached hydrogen (secondary N) is 1. The summed E-state index contributed by atoms with van der Waals surface area (Å²) >= 11 is 0. The van der Waals surface area contributed by atoms with Crippen LogP contribution >= 0.6 is 0 Å². The number of aliphatic hydroxyl groups excluding tert-OH is 1. The fourth-order valence-corrected chi connectivity index (χ4v) is 2.51. The van der Waals surface area contributed by atoms with Gasteiger partial charge in [-0.25, -0.2) is 0 Å². The van der Waals surface area contributed by atoms with Crippen molar-refractivity contribution in [1.29, 1.82) is 0 Å². The maximum atomic E-state index is 12.4. The van der Waals surface area contributed by atoms with Gasteiger partial charge >= 0.3 is 0 Å². The second kappa shape index (κ2) is 4.68. The van der Waals surface area contributed by atoms with Gasteiger partial charge in [-0.3, -0.25) is 4.79 Å². The number of aliphatic hydroxyl groups is 1. The Balaban J connectivity index is 2.18. The quantitative estimate of drug-likeness (QED) is 0.772. The minimum absolute atomic E-state index is 0.0801. The van der Waals surface area contributed by atoms with E-state index in [0.29, 0.717) is 37.3 Å². The molecule has 100 valence electrons. The number of H-pyrrole nitrogens is 1. The summed E-state index contributed by atoms with van der Waals surface area (Å²) in [5, 5.41) is 20.1. The van der Waals surface area contributed by atoms with E-state index >= 15 is 0 Å². The molecule has 1 aromatic rings. The molecule has 1 aliphatic rings. The molecule has 0 aliphatic carbocycles. The van der Waals surface area contributed by atoms with E-state index in [2.05, 4.69) is 29.3 Å². The Morgan fingerprint density at radius 3 is 2.83 bits per heavy atom. The Morgan fingerprint density at radius 1 is 1.50 bits per heavy atom. The highest BCUT2D eigenvalue weighted by atomic mass is 16.3. The molecule has 1 saturated heterocycles. The van der Waals surface area contributed by atoms with Crippen LogP contribution < -0.4 is 0 Å². The van der Waals surface area contributed by atoms with Crippen molar-refractivity contribution >= 4 is 5.91 Å². The Kier molecular flexibility index (Phi) is 3.38. The highest BCUT2D eigenvalue weighted by molar-refractivity contribution is 5.93. The van der Waals surface area contributed by atoms with E-state index in [-0.39, 0.29) is 17.4 Å². The summed E-state index contributed by atoms with van der Waals surface area (Å²) in [6, 6.07) is 0. The molecule has 0 bridgehead atoms. The number of likely N-dealkylation sites (tertiary alicyclic amines) is 1. The van der Waals surface area contributed by atoms with Crippen LogP contribution in [0.3, 0.4) is 0 Å². The first-order valence-electron chi connectivity index (χ1n) is 6.24. The van der Waals surface area contributed by atoms with Gasteiger partial charge in [0.2, 0.25) is 0 Å². The zero-order chi connectivity index (χ0) is 13.3. The summed E-state index contributed by atoms with van der Waals surface area (Å²) in [4.78, 5) is 14.1. The number of aromatic nitrogens is 3. The van der Waals surface area contributed by atoms with Crippen molar-refractivity contribution in [1.82, 2.24) is 20.3 Å². The molecule has 0 saturated carbocycles. The summed E-state index contributed by atoms with van der Waals surface area (Å²) in [6.45, 7) is 7.09. The van der Waals surface area contributed by atoms with Crippen LogP contribution in [0.4, 0.5) is 0 Å². The fourth-order valence-electron chi connectivity index (χ4n) is 2.51. The average molecular weight is 252 g/mol. The molecule has 18 heavy (non-hydrogen) atoms. The van der Waals surface area contributed by atoms with E-state index in [4.69, 9.17) is 0 Å². The van der Waals surface area contributed by atoms with Crippen LogP contribution in [0.15, 0.2) is 0 Å². The van der Waals surface area contributed by atoms with Crippen LogP contribution in [-0.2, 0) is 0 Å². The smallest absolute Gasteiger partial charge is 0.276 e. The van der Waals surface area contributed by atoms with Gasteiger partial charge in [0.05, 0.1) is 11.8 Å². The van der Waals surface area contributed by atoms with Gasteiger partial charge in [0.15, 0.2) is 5.69 Å². The van der Waals surface area contributed by atoms with Crippen molar-refractivity contribution in [3.8, 4) is 0 Å². The summed E-state index contributed by atoms with van der Waals surface area (Å²) in [5.74, 6) is -0.108. The first-order valence-corrected chi connectivity index (χ1v) is 6.24. The first kappa shape index (κ1) is 13.0. The minimum Gasteiger partial charge on any atom is -0.393 e. The number of aryl methyl sites for hydroxylation is 1. The molecule has 2 rings (SSSR count). The maximum Gasteiger partial charge on any atom is 0.276 e. The molecule has 1 amide bonds. The standard InChI is InChI=1S/C12H20N4O2/c1-8-10(14-15-13-8)11(18)16-5-4-9(17)6-12(2,3)7-16/h9,17H,4-7H2,1-3H3,(H,13,14,15)/t9-/m1/s1. The second-order valence-electron chi connectivity index (χ2n) is 5.80. The van der Waals surface area contributed by atoms with E-state index in [9.17, 15) is 9.90 Å². The van der Waals surface area contributed by atoms with Crippen molar-refractivity contribution in [3.05, 3.63) is 11.4 Å². The van der Waals surface area contributed by atoms with Crippen LogP contribution in [0.5, 0.6) is 0 Å². The zero-order valence-electron chi connectivity index (χ0n) is 11.1. The van der Waals surface area contributed by atoms with Crippen LogP contribution in [0.1, 0.15) is 42.9 Å². The van der Waals surface area contributed by atoms with Crippen LogP contribution in [0.25, 0.3) is 0 Å². The van der Waals surface area contributed by atoms with Crippen LogP contribution in [-0.4, -0.2) is 50.5 Å². The van der Waals surface area contributed by atoms with Gasteiger partial charge in [-0.05, 0) is 25.2 Å². The molecule has 1 atom stereocenters. The molecule has 0 spiro atoms. The van der Waals surface area contributed by atoms with E-state index in [1.807, 2.05) is 0 Å². The number of aromatic amines is 1. The molecule has 0 unspecified atom stereocenters. The van der Waals surface area contributed by atoms with Crippen molar-refractivity contribution < 1.29 is 9.90 Å². The molecular formula is C12H20N4O2. The monoisotopic (exact) mass is 252 g/mol.